The summed E-state index contributed by atoms with van der Waals surface area (Å²) in [5, 5.41) is 7.39. The third kappa shape index (κ3) is 4.78. The molecule has 2 heterocycles. The minimum Gasteiger partial charge on any atom is -0.339 e. The number of nitrogens with zero attached hydrogens (tertiary/aromatic N) is 3. The smallest absolute Gasteiger partial charge is 0.339 e. The van der Waals surface area contributed by atoms with Crippen LogP contribution in [0.4, 0.5) is 23.4 Å². The molecule has 39 heavy (non-hydrogen) atoms. The fraction of sp³-hybridized carbons (Fsp3) is 0.207. The van der Waals surface area contributed by atoms with Gasteiger partial charge in [0.1, 0.15) is 17.7 Å². The van der Waals surface area contributed by atoms with E-state index in [0.717, 1.165) is 23.9 Å². The Labute approximate surface area is 221 Å². The van der Waals surface area contributed by atoms with E-state index in [-0.39, 0.29) is 12.1 Å². The number of rotatable bonds is 5. The van der Waals surface area contributed by atoms with Gasteiger partial charge < -0.3 is 5.32 Å². The van der Waals surface area contributed by atoms with Crippen LogP contribution in [0.1, 0.15) is 45.6 Å². The van der Waals surface area contributed by atoms with Crippen molar-refractivity contribution >= 4 is 17.6 Å². The third-order valence-electron chi connectivity index (χ3n) is 6.80. The van der Waals surface area contributed by atoms with Crippen molar-refractivity contribution in [3.05, 3.63) is 113 Å². The van der Waals surface area contributed by atoms with Gasteiger partial charge in [-0.1, -0.05) is 36.4 Å². The highest BCUT2D eigenvalue weighted by Crippen LogP contribution is 2.43. The first kappa shape index (κ1) is 26.1. The van der Waals surface area contributed by atoms with Gasteiger partial charge in [0.2, 0.25) is 0 Å². The van der Waals surface area contributed by atoms with Crippen molar-refractivity contribution in [2.24, 2.45) is 0 Å². The molecule has 0 aliphatic carbocycles. The molecule has 0 radical (unpaired) electrons. The molecular formula is C29H24F4N4O2. The fourth-order valence-electron chi connectivity index (χ4n) is 5.02. The molecule has 2 amide bonds. The fourth-order valence-corrected chi connectivity index (χ4v) is 5.02. The number of alkyl halides is 3. The van der Waals surface area contributed by atoms with Crippen LogP contribution >= 0.6 is 0 Å². The maximum absolute atomic E-state index is 14.0. The summed E-state index contributed by atoms with van der Waals surface area (Å²) in [6, 6.07) is 17.6. The van der Waals surface area contributed by atoms with Gasteiger partial charge in [0.25, 0.3) is 11.8 Å². The molecule has 1 N–H and O–H groups in total. The maximum Gasteiger partial charge on any atom is 0.416 e. The second-order valence-electron chi connectivity index (χ2n) is 9.21. The molecule has 6 nitrogen and oxygen atoms in total. The molecule has 0 unspecified atom stereocenters. The number of aryl methyl sites for hydroxylation is 1. The van der Waals surface area contributed by atoms with Crippen LogP contribution in [0.15, 0.2) is 78.9 Å². The SMILES string of the molecule is CCN1C(=O)[C@@H](NC(=O)c2cccc(C(F)(F)F)c2)[C@@H](c2ccc(F)cc2)c2c(C)nn(-c3ccccc3)c21. The third-order valence-corrected chi connectivity index (χ3v) is 6.80. The number of carbonyl (C=O) groups excluding carboxylic acids is 2. The Balaban J connectivity index is 1.65. The highest BCUT2D eigenvalue weighted by atomic mass is 19.4. The van der Waals surface area contributed by atoms with Crippen LogP contribution < -0.4 is 10.2 Å². The zero-order chi connectivity index (χ0) is 27.9. The quantitative estimate of drug-likeness (QED) is 0.336. The van der Waals surface area contributed by atoms with Crippen molar-refractivity contribution in [3.8, 4) is 5.69 Å². The van der Waals surface area contributed by atoms with Gasteiger partial charge in [0.05, 0.1) is 16.9 Å². The Kier molecular flexibility index (Phi) is 6.71. The molecule has 1 aliphatic rings. The number of halogens is 4. The van der Waals surface area contributed by atoms with Gasteiger partial charge in [-0.2, -0.15) is 18.3 Å². The van der Waals surface area contributed by atoms with Crippen LogP contribution in [-0.4, -0.2) is 34.2 Å². The van der Waals surface area contributed by atoms with Crippen LogP contribution in [0.25, 0.3) is 5.69 Å². The molecule has 0 saturated heterocycles. The first-order valence-corrected chi connectivity index (χ1v) is 12.3. The molecule has 3 aromatic carbocycles. The van der Waals surface area contributed by atoms with Crippen molar-refractivity contribution in [1.29, 1.82) is 0 Å². The van der Waals surface area contributed by atoms with Gasteiger partial charge in [-0.15, -0.1) is 0 Å². The van der Waals surface area contributed by atoms with Gasteiger partial charge >= 0.3 is 6.18 Å². The van der Waals surface area contributed by atoms with Crippen LogP contribution in [0.2, 0.25) is 0 Å². The van der Waals surface area contributed by atoms with Crippen molar-refractivity contribution in [1.82, 2.24) is 15.1 Å². The summed E-state index contributed by atoms with van der Waals surface area (Å²) >= 11 is 0. The Morgan fingerprint density at radius 3 is 2.33 bits per heavy atom. The number of fused-ring (bicyclic) bond motifs is 1. The number of hydrogen-bond acceptors (Lipinski definition) is 3. The Morgan fingerprint density at radius 2 is 1.69 bits per heavy atom. The summed E-state index contributed by atoms with van der Waals surface area (Å²) in [7, 11) is 0. The highest BCUT2D eigenvalue weighted by molar-refractivity contribution is 6.05. The second kappa shape index (κ2) is 10.0. The zero-order valence-corrected chi connectivity index (χ0v) is 21.0. The molecule has 0 bridgehead atoms. The molecule has 4 aromatic rings. The first-order chi connectivity index (χ1) is 18.6. The minimum atomic E-state index is -4.63. The second-order valence-corrected chi connectivity index (χ2v) is 9.21. The molecular weight excluding hydrogens is 512 g/mol. The first-order valence-electron chi connectivity index (χ1n) is 12.3. The van der Waals surface area contributed by atoms with Gasteiger partial charge in [-0.25, -0.2) is 9.07 Å². The number of anilines is 1. The molecule has 2 atom stereocenters. The summed E-state index contributed by atoms with van der Waals surface area (Å²) < 4.78 is 55.4. The van der Waals surface area contributed by atoms with E-state index >= 15 is 0 Å². The number of benzene rings is 3. The molecule has 0 spiro atoms. The van der Waals surface area contributed by atoms with E-state index in [0.29, 0.717) is 22.6 Å². The lowest BCUT2D eigenvalue weighted by Crippen LogP contribution is -2.55. The average Bonchev–Trinajstić information content (AvgIpc) is 3.26. The normalized spacial score (nSPS) is 17.2. The van der Waals surface area contributed by atoms with Crippen molar-refractivity contribution in [2.45, 2.75) is 32.0 Å². The molecule has 0 fully saturated rings. The van der Waals surface area contributed by atoms with E-state index in [4.69, 9.17) is 5.10 Å². The zero-order valence-electron chi connectivity index (χ0n) is 21.0. The van der Waals surface area contributed by atoms with Crippen LogP contribution in [0.3, 0.4) is 0 Å². The number of likely N-dealkylation sites (N-methyl/N-ethyl adjacent to an activating group) is 1. The van der Waals surface area contributed by atoms with Gasteiger partial charge in [0.15, 0.2) is 0 Å². The number of hydrogen-bond donors (Lipinski definition) is 1. The number of aromatic nitrogens is 2. The topological polar surface area (TPSA) is 67.2 Å². The molecule has 200 valence electrons. The summed E-state index contributed by atoms with van der Waals surface area (Å²) in [5.41, 5.74) is 1.30. The van der Waals surface area contributed by atoms with E-state index in [1.807, 2.05) is 30.3 Å². The molecule has 1 aliphatic heterocycles. The number of para-hydroxylation sites is 1. The molecule has 0 saturated carbocycles. The molecule has 5 rings (SSSR count). The largest absolute Gasteiger partial charge is 0.416 e. The minimum absolute atomic E-state index is 0.235. The van der Waals surface area contributed by atoms with Crippen molar-refractivity contribution < 1.29 is 27.2 Å². The van der Waals surface area contributed by atoms with E-state index in [9.17, 15) is 27.2 Å². The highest BCUT2D eigenvalue weighted by Gasteiger charge is 2.45. The Morgan fingerprint density at radius 1 is 1.00 bits per heavy atom. The van der Waals surface area contributed by atoms with Crippen molar-refractivity contribution in [3.63, 3.8) is 0 Å². The lowest BCUT2D eigenvalue weighted by Gasteiger charge is -2.38. The van der Waals surface area contributed by atoms with Crippen LogP contribution in [0.5, 0.6) is 0 Å². The number of amides is 2. The Bertz CT molecular complexity index is 1530. The van der Waals surface area contributed by atoms with E-state index < -0.39 is 41.3 Å². The molecule has 1 aromatic heterocycles. The van der Waals surface area contributed by atoms with Crippen LogP contribution in [0, 0.1) is 12.7 Å². The van der Waals surface area contributed by atoms with E-state index in [2.05, 4.69) is 5.32 Å². The lowest BCUT2D eigenvalue weighted by atomic mass is 9.81. The van der Waals surface area contributed by atoms with Gasteiger partial charge in [0, 0.05) is 23.6 Å². The lowest BCUT2D eigenvalue weighted by molar-refractivity contribution is -0.137. The van der Waals surface area contributed by atoms with Gasteiger partial charge in [-0.05, 0) is 61.9 Å². The monoisotopic (exact) mass is 536 g/mol. The predicted octanol–water partition coefficient (Wildman–Crippen LogP) is 5.64. The molecule has 10 heteroatoms. The average molecular weight is 537 g/mol. The van der Waals surface area contributed by atoms with Gasteiger partial charge in [-0.3, -0.25) is 14.5 Å². The summed E-state index contributed by atoms with van der Waals surface area (Å²) in [4.78, 5) is 28.7. The number of carbonyl (C=O) groups is 2. The summed E-state index contributed by atoms with van der Waals surface area (Å²) in [5.74, 6) is -2.03. The standard InChI is InChI=1S/C29H24F4N4O2/c1-3-36-27-23(17(2)35-37(27)22-10-5-4-6-11-22)24(18-12-14-21(30)15-13-18)25(28(36)39)34-26(38)19-8-7-9-20(16-19)29(31,32)33/h4-16,24-25H,3H2,1-2H3,(H,34,38)/t24-,25-/m0/s1. The van der Waals surface area contributed by atoms with E-state index in [1.54, 1.807) is 18.5 Å². The summed E-state index contributed by atoms with van der Waals surface area (Å²) in [6.45, 7) is 3.81. The maximum atomic E-state index is 14.0. The predicted molar refractivity (Wildman–Crippen MR) is 137 cm³/mol. The van der Waals surface area contributed by atoms with Crippen LogP contribution in [-0.2, 0) is 11.0 Å². The Hall–Kier alpha value is -4.47. The number of nitrogens with one attached hydrogen (secondary N) is 1. The summed E-state index contributed by atoms with van der Waals surface area (Å²) in [6.07, 6.45) is -4.63. The van der Waals surface area contributed by atoms with Crippen molar-refractivity contribution in [2.75, 3.05) is 11.4 Å². The van der Waals surface area contributed by atoms with E-state index in [1.165, 1.54) is 35.2 Å².